The Bertz CT molecular complexity index is 1420. The van der Waals surface area contributed by atoms with Crippen LogP contribution >= 0.6 is 0 Å². The molecule has 2 aromatic rings. The van der Waals surface area contributed by atoms with Crippen molar-refractivity contribution in [2.24, 2.45) is 9.98 Å². The maximum atomic E-state index is 14.0. The Morgan fingerprint density at radius 3 is 1.78 bits per heavy atom. The number of rotatable bonds is 0. The third kappa shape index (κ3) is 3.26. The average Bonchev–Trinajstić information content (AvgIpc) is 2.75. The van der Waals surface area contributed by atoms with Crippen LogP contribution in [-0.4, -0.2) is 27.9 Å². The molecule has 3 aliphatic rings. The van der Waals surface area contributed by atoms with Gasteiger partial charge in [0.25, 0.3) is 0 Å². The summed E-state index contributed by atoms with van der Waals surface area (Å²) in [6, 6.07) is 12.5. The first-order valence-electron chi connectivity index (χ1n) is 12.9. The predicted molar refractivity (Wildman–Crippen MR) is 149 cm³/mol. The third-order valence-electron chi connectivity index (χ3n) is 8.56. The molecule has 0 amide bonds. The van der Waals surface area contributed by atoms with E-state index < -0.39 is 16.4 Å². The van der Waals surface area contributed by atoms with Crippen LogP contribution in [0.5, 0.6) is 0 Å². The van der Waals surface area contributed by atoms with Crippen molar-refractivity contribution in [3.8, 4) is 0 Å². The molecule has 1 N–H and O–H groups in total. The normalized spacial score (nSPS) is 24.0. The van der Waals surface area contributed by atoms with Crippen LogP contribution in [0.4, 0.5) is 11.4 Å². The predicted octanol–water partition coefficient (Wildman–Crippen LogP) is 6.95. The number of allylic oxidation sites excluding steroid dienone is 1. The fraction of sp³-hybridized carbons (Fsp3) is 0.469. The standard InChI is InChI=1S/C32H38N2O2/c1-28(2,3)18-11-13-23-20(15-18)30(7,8)22-17-32(36)27(26(35)25(22)33-23)34-24-14-12-19(29(4,5)6)16-21(24)31(32,9)10/h11-17,36H,1-10H3. The zero-order valence-corrected chi connectivity index (χ0v) is 23.3. The number of nitrogens with zero attached hydrogens (tertiary/aromatic N) is 2. The van der Waals surface area contributed by atoms with Gasteiger partial charge in [-0.15, -0.1) is 0 Å². The maximum Gasteiger partial charge on any atom is 0.229 e. The first kappa shape index (κ1) is 24.8. The van der Waals surface area contributed by atoms with Gasteiger partial charge in [0.2, 0.25) is 5.78 Å². The van der Waals surface area contributed by atoms with Crippen molar-refractivity contribution in [1.29, 1.82) is 0 Å². The van der Waals surface area contributed by atoms with Gasteiger partial charge in [0.1, 0.15) is 17.0 Å². The Balaban J connectivity index is 1.76. The van der Waals surface area contributed by atoms with Crippen molar-refractivity contribution in [2.45, 2.75) is 96.5 Å². The zero-order valence-electron chi connectivity index (χ0n) is 23.3. The van der Waals surface area contributed by atoms with E-state index in [9.17, 15) is 9.90 Å². The largest absolute Gasteiger partial charge is 0.378 e. The molecule has 0 aromatic heterocycles. The van der Waals surface area contributed by atoms with Gasteiger partial charge in [0.15, 0.2) is 0 Å². The van der Waals surface area contributed by atoms with E-state index in [1.165, 1.54) is 11.1 Å². The van der Waals surface area contributed by atoms with Gasteiger partial charge in [-0.1, -0.05) is 93.5 Å². The lowest BCUT2D eigenvalue weighted by atomic mass is 9.58. The Kier molecular flexibility index (Phi) is 4.92. The highest BCUT2D eigenvalue weighted by Gasteiger charge is 2.58. The summed E-state index contributed by atoms with van der Waals surface area (Å²) in [5, 5.41) is 12.3. The number of hydrogen-bond donors (Lipinski definition) is 1. The molecule has 2 aromatic carbocycles. The monoisotopic (exact) mass is 482 g/mol. The molecule has 0 bridgehead atoms. The molecule has 36 heavy (non-hydrogen) atoms. The van der Waals surface area contributed by atoms with Gasteiger partial charge < -0.3 is 5.11 Å². The molecule has 2 aliphatic heterocycles. The van der Waals surface area contributed by atoms with Crippen LogP contribution < -0.4 is 0 Å². The molecule has 1 atom stereocenters. The molecule has 4 nitrogen and oxygen atoms in total. The van der Waals surface area contributed by atoms with Gasteiger partial charge >= 0.3 is 0 Å². The molecule has 188 valence electrons. The van der Waals surface area contributed by atoms with E-state index >= 15 is 0 Å². The summed E-state index contributed by atoms with van der Waals surface area (Å²) in [5.74, 6) is -0.285. The average molecular weight is 483 g/mol. The number of fused-ring (bicyclic) bond motifs is 4. The molecule has 2 heterocycles. The lowest BCUT2D eigenvalue weighted by molar-refractivity contribution is -0.108. The highest BCUT2D eigenvalue weighted by atomic mass is 16.3. The third-order valence-corrected chi connectivity index (χ3v) is 8.56. The van der Waals surface area contributed by atoms with Crippen molar-refractivity contribution < 1.29 is 9.90 Å². The molecule has 0 radical (unpaired) electrons. The van der Waals surface area contributed by atoms with Crippen LogP contribution in [0.1, 0.15) is 91.5 Å². The lowest BCUT2D eigenvalue weighted by Gasteiger charge is -2.49. The van der Waals surface area contributed by atoms with Gasteiger partial charge in [0.05, 0.1) is 11.4 Å². The molecule has 1 aliphatic carbocycles. The highest BCUT2D eigenvalue weighted by Crippen LogP contribution is 2.53. The molecule has 0 fully saturated rings. The summed E-state index contributed by atoms with van der Waals surface area (Å²) in [4.78, 5) is 23.6. The molecular formula is C32H38N2O2. The van der Waals surface area contributed by atoms with Crippen LogP contribution in [0.25, 0.3) is 0 Å². The van der Waals surface area contributed by atoms with E-state index in [-0.39, 0.29) is 22.3 Å². The van der Waals surface area contributed by atoms with Crippen molar-refractivity contribution >= 4 is 28.6 Å². The second kappa shape index (κ2) is 7.13. The summed E-state index contributed by atoms with van der Waals surface area (Å²) in [7, 11) is 0. The van der Waals surface area contributed by atoms with E-state index in [1.807, 2.05) is 32.1 Å². The van der Waals surface area contributed by atoms with E-state index in [4.69, 9.17) is 9.98 Å². The molecule has 1 unspecified atom stereocenters. The minimum atomic E-state index is -1.54. The zero-order chi connectivity index (χ0) is 26.6. The summed E-state index contributed by atoms with van der Waals surface area (Å²) < 4.78 is 0. The fourth-order valence-corrected chi connectivity index (χ4v) is 5.75. The van der Waals surface area contributed by atoms with Gasteiger partial charge in [0, 0.05) is 10.8 Å². The van der Waals surface area contributed by atoms with Crippen molar-refractivity contribution in [1.82, 2.24) is 0 Å². The number of Topliss-reactive ketones (excluding diaryl/α,β-unsaturated/α-hetero) is 1. The van der Waals surface area contributed by atoms with E-state index in [1.54, 1.807) is 0 Å². The second-order valence-electron chi connectivity index (χ2n) is 13.8. The quantitative estimate of drug-likeness (QED) is 0.442. The SMILES string of the molecule is CC(C)(C)c1ccc2c(c1)C(C)(C)C1=CC3(O)C(=Nc4ccc(C(C)(C)C)cc4C3(C)C)C(=O)C1=N2. The van der Waals surface area contributed by atoms with Gasteiger partial charge in [-0.2, -0.15) is 0 Å². The first-order chi connectivity index (χ1) is 16.4. The van der Waals surface area contributed by atoms with Crippen molar-refractivity contribution in [2.75, 3.05) is 0 Å². The Morgan fingerprint density at radius 2 is 1.25 bits per heavy atom. The summed E-state index contributed by atoms with van der Waals surface area (Å²) in [6.45, 7) is 21.4. The number of benzene rings is 2. The van der Waals surface area contributed by atoms with Crippen molar-refractivity contribution in [3.63, 3.8) is 0 Å². The number of carbonyl (C=O) groups is 1. The molecular weight excluding hydrogens is 444 g/mol. The van der Waals surface area contributed by atoms with Crippen LogP contribution in [0.2, 0.25) is 0 Å². The Hall–Kier alpha value is -2.85. The van der Waals surface area contributed by atoms with E-state index in [0.717, 1.165) is 28.1 Å². The minimum absolute atomic E-state index is 0.0102. The molecule has 0 spiro atoms. The Morgan fingerprint density at radius 1 is 0.750 bits per heavy atom. The minimum Gasteiger partial charge on any atom is -0.378 e. The summed E-state index contributed by atoms with van der Waals surface area (Å²) >= 11 is 0. The van der Waals surface area contributed by atoms with E-state index in [0.29, 0.717) is 5.71 Å². The van der Waals surface area contributed by atoms with Gasteiger partial charge in [-0.3, -0.25) is 4.79 Å². The second-order valence-corrected chi connectivity index (χ2v) is 13.8. The van der Waals surface area contributed by atoms with Crippen LogP contribution in [0.3, 0.4) is 0 Å². The number of ketones is 1. The maximum absolute atomic E-state index is 14.0. The molecule has 0 saturated carbocycles. The number of carbonyl (C=O) groups excluding carboxylic acids is 1. The Labute approximate surface area is 215 Å². The van der Waals surface area contributed by atoms with Crippen molar-refractivity contribution in [3.05, 3.63) is 70.3 Å². The van der Waals surface area contributed by atoms with Gasteiger partial charge in [-0.25, -0.2) is 9.98 Å². The number of hydrogen-bond acceptors (Lipinski definition) is 4. The van der Waals surface area contributed by atoms with Crippen LogP contribution in [0, 0.1) is 0 Å². The lowest BCUT2D eigenvalue weighted by Crippen LogP contribution is -2.61. The highest BCUT2D eigenvalue weighted by molar-refractivity contribution is 6.73. The first-order valence-corrected chi connectivity index (χ1v) is 12.9. The summed E-state index contributed by atoms with van der Waals surface area (Å²) in [6.07, 6.45) is 1.88. The fourth-order valence-electron chi connectivity index (χ4n) is 5.75. The number of aliphatic hydroxyl groups is 1. The molecule has 5 rings (SSSR count). The summed E-state index contributed by atoms with van der Waals surface area (Å²) in [5.41, 5.74) is 4.44. The number of aliphatic imine (C=N–C) groups is 2. The van der Waals surface area contributed by atoms with E-state index in [2.05, 4.69) is 79.7 Å². The molecule has 0 saturated heterocycles. The molecule has 4 heteroatoms. The van der Waals surface area contributed by atoms with Crippen LogP contribution in [0.15, 0.2) is 58.0 Å². The smallest absolute Gasteiger partial charge is 0.229 e. The topological polar surface area (TPSA) is 62.0 Å². The van der Waals surface area contributed by atoms with Gasteiger partial charge in [-0.05, 0) is 56.9 Å². The van der Waals surface area contributed by atoms with Crippen LogP contribution in [-0.2, 0) is 26.5 Å².